The van der Waals surface area contributed by atoms with Gasteiger partial charge in [0.05, 0.1) is 17.1 Å². The van der Waals surface area contributed by atoms with E-state index in [0.29, 0.717) is 6.54 Å². The fourth-order valence-electron chi connectivity index (χ4n) is 2.80. The fraction of sp³-hybridized carbons (Fsp3) is 0.278. The van der Waals surface area contributed by atoms with Crippen molar-refractivity contribution >= 4 is 11.0 Å². The van der Waals surface area contributed by atoms with Crippen LogP contribution in [0.4, 0.5) is 0 Å². The molecule has 0 saturated carbocycles. The summed E-state index contributed by atoms with van der Waals surface area (Å²) in [5.41, 5.74) is 4.47. The van der Waals surface area contributed by atoms with Gasteiger partial charge in [-0.3, -0.25) is 0 Å². The molecular formula is C18H21N3O2. The van der Waals surface area contributed by atoms with Crippen molar-refractivity contribution < 1.29 is 5.11 Å². The molecule has 2 aromatic carbocycles. The first-order valence-corrected chi connectivity index (χ1v) is 7.73. The monoisotopic (exact) mass is 311 g/mol. The third-order valence-electron chi connectivity index (χ3n) is 4.20. The molecule has 1 heterocycles. The van der Waals surface area contributed by atoms with Gasteiger partial charge >= 0.3 is 5.69 Å². The summed E-state index contributed by atoms with van der Waals surface area (Å²) in [6, 6.07) is 13.7. The lowest BCUT2D eigenvalue weighted by Crippen LogP contribution is -2.25. The number of benzene rings is 2. The number of rotatable bonds is 5. The first-order valence-electron chi connectivity index (χ1n) is 7.73. The van der Waals surface area contributed by atoms with Crippen molar-refractivity contribution in [2.45, 2.75) is 26.0 Å². The van der Waals surface area contributed by atoms with Crippen molar-refractivity contribution in [2.24, 2.45) is 0 Å². The van der Waals surface area contributed by atoms with Crippen molar-refractivity contribution in [2.75, 3.05) is 6.54 Å². The molecule has 0 radical (unpaired) electrons. The van der Waals surface area contributed by atoms with Gasteiger partial charge in [0.1, 0.15) is 0 Å². The highest BCUT2D eigenvalue weighted by Crippen LogP contribution is 2.20. The van der Waals surface area contributed by atoms with Gasteiger partial charge in [0.2, 0.25) is 0 Å². The van der Waals surface area contributed by atoms with Crippen LogP contribution in [0.3, 0.4) is 0 Å². The van der Waals surface area contributed by atoms with Crippen LogP contribution < -0.4 is 11.0 Å². The zero-order valence-corrected chi connectivity index (χ0v) is 13.3. The molecule has 3 aromatic rings. The van der Waals surface area contributed by atoms with E-state index in [4.69, 9.17) is 0 Å². The first-order chi connectivity index (χ1) is 11.0. The number of hydrogen-bond donors (Lipinski definition) is 4. The molecule has 4 N–H and O–H groups in total. The summed E-state index contributed by atoms with van der Waals surface area (Å²) >= 11 is 0. The van der Waals surface area contributed by atoms with Crippen molar-refractivity contribution in [3.8, 4) is 0 Å². The van der Waals surface area contributed by atoms with E-state index in [0.717, 1.165) is 27.7 Å². The highest BCUT2D eigenvalue weighted by molar-refractivity contribution is 5.75. The number of imidazole rings is 1. The molecule has 0 aliphatic heterocycles. The number of aliphatic hydroxyl groups is 1. The average molecular weight is 311 g/mol. The SMILES string of the molecule is Cc1ccccc1C(O)CNC(C)c1ccc2[nH]c(=O)[nH]c2c1. The fourth-order valence-corrected chi connectivity index (χ4v) is 2.80. The molecule has 1 aromatic heterocycles. The zero-order valence-electron chi connectivity index (χ0n) is 13.3. The summed E-state index contributed by atoms with van der Waals surface area (Å²) in [6.07, 6.45) is -0.547. The van der Waals surface area contributed by atoms with E-state index in [1.807, 2.05) is 56.3 Å². The van der Waals surface area contributed by atoms with E-state index in [1.54, 1.807) is 0 Å². The lowest BCUT2D eigenvalue weighted by atomic mass is 10.0. The van der Waals surface area contributed by atoms with Crippen LogP contribution in [0, 0.1) is 6.92 Å². The van der Waals surface area contributed by atoms with E-state index in [2.05, 4.69) is 15.3 Å². The number of H-pyrrole nitrogens is 2. The van der Waals surface area contributed by atoms with Gasteiger partial charge in [-0.15, -0.1) is 0 Å². The molecule has 120 valence electrons. The number of hydrogen-bond acceptors (Lipinski definition) is 3. The molecule has 2 atom stereocenters. The Hall–Kier alpha value is -2.37. The van der Waals surface area contributed by atoms with Gasteiger partial charge in [0, 0.05) is 12.6 Å². The summed E-state index contributed by atoms with van der Waals surface area (Å²) < 4.78 is 0. The van der Waals surface area contributed by atoms with E-state index in [-0.39, 0.29) is 11.7 Å². The van der Waals surface area contributed by atoms with Gasteiger partial charge in [0.25, 0.3) is 0 Å². The van der Waals surface area contributed by atoms with Crippen LogP contribution in [0.25, 0.3) is 11.0 Å². The van der Waals surface area contributed by atoms with Crippen LogP contribution in [0.1, 0.15) is 35.8 Å². The van der Waals surface area contributed by atoms with Crippen LogP contribution in [0.5, 0.6) is 0 Å². The molecular weight excluding hydrogens is 290 g/mol. The van der Waals surface area contributed by atoms with Gasteiger partial charge in [-0.25, -0.2) is 4.79 Å². The van der Waals surface area contributed by atoms with Gasteiger partial charge in [-0.2, -0.15) is 0 Å². The summed E-state index contributed by atoms with van der Waals surface area (Å²) in [7, 11) is 0. The molecule has 0 amide bonds. The number of nitrogens with one attached hydrogen (secondary N) is 3. The third kappa shape index (κ3) is 3.36. The van der Waals surface area contributed by atoms with E-state index in [9.17, 15) is 9.90 Å². The maximum atomic E-state index is 11.3. The van der Waals surface area contributed by atoms with Crippen LogP contribution in [-0.4, -0.2) is 21.6 Å². The lowest BCUT2D eigenvalue weighted by molar-refractivity contribution is 0.170. The van der Waals surface area contributed by atoms with Crippen LogP contribution in [0.15, 0.2) is 47.3 Å². The minimum absolute atomic E-state index is 0.0662. The molecule has 0 aliphatic carbocycles. The summed E-state index contributed by atoms with van der Waals surface area (Å²) in [5, 5.41) is 13.7. The second-order valence-electron chi connectivity index (χ2n) is 5.89. The molecule has 3 rings (SSSR count). The molecule has 0 spiro atoms. The van der Waals surface area contributed by atoms with Crippen molar-refractivity contribution in [1.29, 1.82) is 0 Å². The topological polar surface area (TPSA) is 80.9 Å². The van der Waals surface area contributed by atoms with Gasteiger partial charge in [0.15, 0.2) is 0 Å². The molecule has 0 saturated heterocycles. The number of aryl methyl sites for hydroxylation is 1. The van der Waals surface area contributed by atoms with Crippen LogP contribution in [0.2, 0.25) is 0 Å². The summed E-state index contributed by atoms with van der Waals surface area (Å²) in [4.78, 5) is 16.8. The number of fused-ring (bicyclic) bond motifs is 1. The Bertz CT molecular complexity index is 866. The molecule has 0 fully saturated rings. The average Bonchev–Trinajstić information content (AvgIpc) is 2.91. The van der Waals surface area contributed by atoms with Crippen molar-refractivity contribution in [3.05, 3.63) is 69.6 Å². The Morgan fingerprint density at radius 2 is 1.87 bits per heavy atom. The number of aliphatic hydroxyl groups excluding tert-OH is 1. The van der Waals surface area contributed by atoms with Crippen molar-refractivity contribution in [3.63, 3.8) is 0 Å². The summed E-state index contributed by atoms with van der Waals surface area (Å²) in [6.45, 7) is 4.50. The third-order valence-corrected chi connectivity index (χ3v) is 4.20. The predicted octanol–water partition coefficient (Wildman–Crippen LogP) is 2.55. The normalized spacial score (nSPS) is 14.0. The minimum Gasteiger partial charge on any atom is -0.387 e. The molecule has 0 bridgehead atoms. The maximum absolute atomic E-state index is 11.3. The van der Waals surface area contributed by atoms with Crippen LogP contribution in [-0.2, 0) is 0 Å². The zero-order chi connectivity index (χ0) is 16.4. The quantitative estimate of drug-likeness (QED) is 0.584. The molecule has 5 heteroatoms. The second-order valence-corrected chi connectivity index (χ2v) is 5.89. The molecule has 5 nitrogen and oxygen atoms in total. The minimum atomic E-state index is -0.547. The van der Waals surface area contributed by atoms with Gasteiger partial charge in [-0.1, -0.05) is 30.3 Å². The summed E-state index contributed by atoms with van der Waals surface area (Å²) in [5.74, 6) is 0. The van der Waals surface area contributed by atoms with Gasteiger partial charge < -0.3 is 20.4 Å². The standard InChI is InChI=1S/C18H21N3O2/c1-11-5-3-4-6-14(11)17(22)10-19-12(2)13-7-8-15-16(9-13)21-18(23)20-15/h3-9,12,17,19,22H,10H2,1-2H3,(H2,20,21,23). The van der Waals surface area contributed by atoms with Crippen LogP contribution >= 0.6 is 0 Å². The number of aromatic nitrogens is 2. The Balaban J connectivity index is 1.69. The van der Waals surface area contributed by atoms with E-state index >= 15 is 0 Å². The molecule has 2 unspecified atom stereocenters. The Morgan fingerprint density at radius 3 is 2.65 bits per heavy atom. The smallest absolute Gasteiger partial charge is 0.323 e. The Labute approximate surface area is 134 Å². The highest BCUT2D eigenvalue weighted by atomic mass is 16.3. The lowest BCUT2D eigenvalue weighted by Gasteiger charge is -2.19. The Morgan fingerprint density at radius 1 is 1.13 bits per heavy atom. The van der Waals surface area contributed by atoms with Gasteiger partial charge in [-0.05, 0) is 42.7 Å². The molecule has 0 aliphatic rings. The predicted molar refractivity (Wildman–Crippen MR) is 91.5 cm³/mol. The van der Waals surface area contributed by atoms with E-state index in [1.165, 1.54) is 0 Å². The van der Waals surface area contributed by atoms with E-state index < -0.39 is 6.10 Å². The maximum Gasteiger partial charge on any atom is 0.323 e. The Kier molecular flexibility index (Phi) is 4.32. The largest absolute Gasteiger partial charge is 0.387 e. The number of aromatic amines is 2. The van der Waals surface area contributed by atoms with Crippen molar-refractivity contribution in [1.82, 2.24) is 15.3 Å². The first kappa shape index (κ1) is 15.5. The highest BCUT2D eigenvalue weighted by Gasteiger charge is 2.13. The molecule has 23 heavy (non-hydrogen) atoms. The second kappa shape index (κ2) is 6.40.